The first-order valence-corrected chi connectivity index (χ1v) is 8.97. The smallest absolute Gasteiger partial charge is 0.410 e. The van der Waals surface area contributed by atoms with Crippen LogP contribution in [0.3, 0.4) is 0 Å². The molecule has 1 aromatic rings. The van der Waals surface area contributed by atoms with Crippen molar-refractivity contribution in [3.63, 3.8) is 0 Å². The Kier molecular flexibility index (Phi) is 6.09. The number of carbonyl (C=O) groups excluding carboxylic acids is 1. The second-order valence-electron chi connectivity index (χ2n) is 7.85. The number of aryl methyl sites for hydroxylation is 2. The van der Waals surface area contributed by atoms with Gasteiger partial charge in [-0.25, -0.2) is 4.79 Å². The van der Waals surface area contributed by atoms with Crippen molar-refractivity contribution in [1.29, 1.82) is 0 Å². The normalized spacial score (nSPS) is 16.6. The standard InChI is InChI=1S/C21H31NO2/c1-16-8-6-9-17(2)19(16)11-7-10-18-12-14-22(15-13-18)20(23)24-21(3,4)5/h6-9,11,18H,10,12-15H2,1-5H3. The molecule has 0 spiro atoms. The SMILES string of the molecule is Cc1cccc(C)c1C=CCC1CCN(C(=O)OC(C)(C)C)CC1. The maximum Gasteiger partial charge on any atom is 0.410 e. The lowest BCUT2D eigenvalue weighted by Gasteiger charge is -2.33. The summed E-state index contributed by atoms with van der Waals surface area (Å²) in [6, 6.07) is 6.42. The van der Waals surface area contributed by atoms with Gasteiger partial charge >= 0.3 is 6.09 Å². The first kappa shape index (κ1) is 18.6. The Labute approximate surface area is 146 Å². The number of nitrogens with zero attached hydrogens (tertiary/aromatic N) is 1. The van der Waals surface area contributed by atoms with Crippen molar-refractivity contribution in [2.45, 2.75) is 59.5 Å². The number of piperidine rings is 1. The summed E-state index contributed by atoms with van der Waals surface area (Å²) in [7, 11) is 0. The Morgan fingerprint density at radius 1 is 1.21 bits per heavy atom. The lowest BCUT2D eigenvalue weighted by Crippen LogP contribution is -2.41. The maximum absolute atomic E-state index is 12.1. The van der Waals surface area contributed by atoms with Gasteiger partial charge in [-0.1, -0.05) is 30.4 Å². The van der Waals surface area contributed by atoms with Gasteiger partial charge in [0.25, 0.3) is 0 Å². The third-order valence-corrected chi connectivity index (χ3v) is 4.56. The van der Waals surface area contributed by atoms with Crippen molar-refractivity contribution in [3.05, 3.63) is 41.0 Å². The molecule has 1 amide bonds. The minimum absolute atomic E-state index is 0.174. The summed E-state index contributed by atoms with van der Waals surface area (Å²) >= 11 is 0. The van der Waals surface area contributed by atoms with Crippen LogP contribution in [0.4, 0.5) is 4.79 Å². The van der Waals surface area contributed by atoms with Crippen LogP contribution in [0.2, 0.25) is 0 Å². The molecule has 0 aliphatic carbocycles. The molecule has 0 radical (unpaired) electrons. The topological polar surface area (TPSA) is 29.5 Å². The lowest BCUT2D eigenvalue weighted by molar-refractivity contribution is 0.0185. The van der Waals surface area contributed by atoms with E-state index >= 15 is 0 Å². The minimum Gasteiger partial charge on any atom is -0.444 e. The van der Waals surface area contributed by atoms with Gasteiger partial charge in [0.2, 0.25) is 0 Å². The summed E-state index contributed by atoms with van der Waals surface area (Å²) in [5.74, 6) is 0.657. The van der Waals surface area contributed by atoms with Crippen LogP contribution >= 0.6 is 0 Å². The summed E-state index contributed by atoms with van der Waals surface area (Å²) in [5, 5.41) is 0. The Bertz CT molecular complexity index is 570. The second kappa shape index (κ2) is 7.87. The van der Waals surface area contributed by atoms with Crippen molar-refractivity contribution in [2.24, 2.45) is 5.92 Å². The maximum atomic E-state index is 12.1. The van der Waals surface area contributed by atoms with Crippen LogP contribution in [0.25, 0.3) is 6.08 Å². The van der Waals surface area contributed by atoms with E-state index in [4.69, 9.17) is 4.74 Å². The summed E-state index contributed by atoms with van der Waals surface area (Å²) in [6.45, 7) is 11.7. The van der Waals surface area contributed by atoms with Crippen molar-refractivity contribution in [3.8, 4) is 0 Å². The number of carbonyl (C=O) groups is 1. The van der Waals surface area contributed by atoms with E-state index in [1.54, 1.807) is 0 Å². The molecule has 1 heterocycles. The molecule has 0 bridgehead atoms. The Morgan fingerprint density at radius 3 is 2.33 bits per heavy atom. The molecule has 1 aliphatic heterocycles. The van der Waals surface area contributed by atoms with Crippen molar-refractivity contribution in [2.75, 3.05) is 13.1 Å². The van der Waals surface area contributed by atoms with Crippen LogP contribution < -0.4 is 0 Å². The molecule has 0 saturated carbocycles. The quantitative estimate of drug-likeness (QED) is 0.747. The van der Waals surface area contributed by atoms with Gasteiger partial charge in [0.1, 0.15) is 5.60 Å². The zero-order valence-electron chi connectivity index (χ0n) is 15.8. The molecule has 1 aromatic carbocycles. The Morgan fingerprint density at radius 2 is 1.79 bits per heavy atom. The number of hydrogen-bond donors (Lipinski definition) is 0. The van der Waals surface area contributed by atoms with E-state index in [0.717, 1.165) is 32.4 Å². The van der Waals surface area contributed by atoms with Crippen LogP contribution in [-0.4, -0.2) is 29.7 Å². The van der Waals surface area contributed by atoms with Crippen molar-refractivity contribution >= 4 is 12.2 Å². The molecule has 0 N–H and O–H groups in total. The first-order chi connectivity index (χ1) is 11.3. The number of rotatable bonds is 3. The van der Waals surface area contributed by atoms with Crippen molar-refractivity contribution in [1.82, 2.24) is 4.90 Å². The molecule has 0 unspecified atom stereocenters. The summed E-state index contributed by atoms with van der Waals surface area (Å²) in [6.07, 6.45) is 7.56. The fraction of sp³-hybridized carbons (Fsp3) is 0.571. The van der Waals surface area contributed by atoms with E-state index in [1.807, 2.05) is 25.7 Å². The van der Waals surface area contributed by atoms with Gasteiger partial charge in [-0.3, -0.25) is 0 Å². The summed E-state index contributed by atoms with van der Waals surface area (Å²) in [4.78, 5) is 13.9. The van der Waals surface area contributed by atoms with Crippen LogP contribution in [-0.2, 0) is 4.74 Å². The highest BCUT2D eigenvalue weighted by Gasteiger charge is 2.26. The van der Waals surface area contributed by atoms with E-state index in [1.165, 1.54) is 16.7 Å². The highest BCUT2D eigenvalue weighted by Crippen LogP contribution is 2.23. The average molecular weight is 329 g/mol. The summed E-state index contributed by atoms with van der Waals surface area (Å²) < 4.78 is 5.45. The predicted molar refractivity (Wildman–Crippen MR) is 100 cm³/mol. The van der Waals surface area contributed by atoms with Gasteiger partial charge in [-0.15, -0.1) is 0 Å². The van der Waals surface area contributed by atoms with Gasteiger partial charge < -0.3 is 9.64 Å². The van der Waals surface area contributed by atoms with Crippen molar-refractivity contribution < 1.29 is 9.53 Å². The Balaban J connectivity index is 1.81. The number of ether oxygens (including phenoxy) is 1. The summed E-state index contributed by atoms with van der Waals surface area (Å²) in [5.41, 5.74) is 3.57. The van der Waals surface area contributed by atoms with Gasteiger partial charge in [0.05, 0.1) is 0 Å². The molecule has 132 valence electrons. The molecule has 3 heteroatoms. The largest absolute Gasteiger partial charge is 0.444 e. The minimum atomic E-state index is -0.415. The van der Waals surface area contributed by atoms with Gasteiger partial charge in [-0.2, -0.15) is 0 Å². The zero-order chi connectivity index (χ0) is 17.7. The molecule has 0 aromatic heterocycles. The molecule has 0 atom stereocenters. The van der Waals surface area contributed by atoms with Gasteiger partial charge in [0, 0.05) is 13.1 Å². The molecule has 24 heavy (non-hydrogen) atoms. The molecule has 3 nitrogen and oxygen atoms in total. The van der Waals surface area contributed by atoms with Gasteiger partial charge in [0.15, 0.2) is 0 Å². The fourth-order valence-electron chi connectivity index (χ4n) is 3.15. The van der Waals surface area contributed by atoms with Gasteiger partial charge in [-0.05, 0) is 76.5 Å². The number of hydrogen-bond acceptors (Lipinski definition) is 2. The van der Waals surface area contributed by atoms with Crippen LogP contribution in [0.5, 0.6) is 0 Å². The Hall–Kier alpha value is -1.77. The van der Waals surface area contributed by atoms with E-state index < -0.39 is 5.60 Å². The molecule has 1 fully saturated rings. The zero-order valence-corrected chi connectivity index (χ0v) is 15.8. The molecule has 1 saturated heterocycles. The highest BCUT2D eigenvalue weighted by atomic mass is 16.6. The van der Waals surface area contributed by atoms with E-state index in [9.17, 15) is 4.79 Å². The second-order valence-corrected chi connectivity index (χ2v) is 7.85. The third-order valence-electron chi connectivity index (χ3n) is 4.56. The van der Waals surface area contributed by atoms with Crippen LogP contribution in [0.1, 0.15) is 56.7 Å². The molecular formula is C21H31NO2. The monoisotopic (exact) mass is 329 g/mol. The van der Waals surface area contributed by atoms with E-state index in [-0.39, 0.29) is 6.09 Å². The average Bonchev–Trinajstić information content (AvgIpc) is 2.49. The molecule has 2 rings (SSSR count). The van der Waals surface area contributed by atoms with E-state index in [2.05, 4.69) is 44.2 Å². The third kappa shape index (κ3) is 5.40. The van der Waals surface area contributed by atoms with Crippen LogP contribution in [0, 0.1) is 19.8 Å². The fourth-order valence-corrected chi connectivity index (χ4v) is 3.15. The van der Waals surface area contributed by atoms with Crippen LogP contribution in [0.15, 0.2) is 24.3 Å². The number of likely N-dealkylation sites (tertiary alicyclic amines) is 1. The first-order valence-electron chi connectivity index (χ1n) is 8.97. The number of allylic oxidation sites excluding steroid dienone is 1. The number of amides is 1. The highest BCUT2D eigenvalue weighted by molar-refractivity contribution is 5.68. The lowest BCUT2D eigenvalue weighted by atomic mass is 9.93. The molecule has 1 aliphatic rings. The van der Waals surface area contributed by atoms with E-state index in [0.29, 0.717) is 5.92 Å². The molecular weight excluding hydrogens is 298 g/mol. The number of benzene rings is 1. The predicted octanol–water partition coefficient (Wildman–Crippen LogP) is 5.35.